The van der Waals surface area contributed by atoms with Gasteiger partial charge in [-0.3, -0.25) is 0 Å². The van der Waals surface area contributed by atoms with Crippen LogP contribution in [0.5, 0.6) is 0 Å². The number of nitrogens with zero attached hydrogens (tertiary/aromatic N) is 2. The van der Waals surface area contributed by atoms with Crippen molar-refractivity contribution in [2.75, 3.05) is 32.7 Å². The lowest BCUT2D eigenvalue weighted by Crippen LogP contribution is -2.41. The molecule has 1 saturated heterocycles. The Morgan fingerprint density at radius 1 is 1.22 bits per heavy atom. The number of nitrogens with one attached hydrogen (secondary N) is 1. The van der Waals surface area contributed by atoms with Crippen molar-refractivity contribution < 1.29 is 14.3 Å². The molecule has 1 saturated carbocycles. The summed E-state index contributed by atoms with van der Waals surface area (Å²) in [6, 6.07) is 0.0126. The van der Waals surface area contributed by atoms with Gasteiger partial charge in [0.05, 0.1) is 0 Å². The van der Waals surface area contributed by atoms with E-state index in [9.17, 15) is 9.59 Å². The Hall–Kier alpha value is -2.46. The van der Waals surface area contributed by atoms with Gasteiger partial charge in [-0.2, -0.15) is 0 Å². The summed E-state index contributed by atoms with van der Waals surface area (Å²) in [6.07, 6.45) is 9.14. The van der Waals surface area contributed by atoms with Gasteiger partial charge in [0.15, 0.2) is 0 Å². The second kappa shape index (κ2) is 8.47. The largest absolute Gasteiger partial charge is 0.444 e. The van der Waals surface area contributed by atoms with E-state index in [0.717, 1.165) is 37.9 Å². The molecule has 4 aliphatic rings. The van der Waals surface area contributed by atoms with Crippen LogP contribution in [-0.4, -0.2) is 60.2 Å². The lowest BCUT2D eigenvalue weighted by molar-refractivity contribution is 0.0263. The first-order valence-electron chi connectivity index (χ1n) is 11.9. The van der Waals surface area contributed by atoms with Gasteiger partial charge in [-0.1, -0.05) is 19.1 Å². The van der Waals surface area contributed by atoms with Gasteiger partial charge in [0.1, 0.15) is 5.60 Å². The molecular formula is C26H37N3O3. The Bertz CT molecular complexity index is 919. The van der Waals surface area contributed by atoms with Crippen molar-refractivity contribution in [3.8, 4) is 0 Å². The predicted molar refractivity (Wildman–Crippen MR) is 125 cm³/mol. The van der Waals surface area contributed by atoms with Crippen LogP contribution in [0.2, 0.25) is 0 Å². The maximum absolute atomic E-state index is 12.8. The quantitative estimate of drug-likeness (QED) is 0.651. The minimum Gasteiger partial charge on any atom is -0.444 e. The first-order valence-corrected chi connectivity index (χ1v) is 11.9. The summed E-state index contributed by atoms with van der Waals surface area (Å²) in [7, 11) is 0. The van der Waals surface area contributed by atoms with Gasteiger partial charge in [-0.05, 0) is 87.0 Å². The van der Waals surface area contributed by atoms with Crippen LogP contribution < -0.4 is 5.32 Å². The third kappa shape index (κ3) is 4.66. The van der Waals surface area contributed by atoms with E-state index in [1.807, 2.05) is 43.6 Å². The normalized spacial score (nSPS) is 29.1. The van der Waals surface area contributed by atoms with Crippen LogP contribution in [0.4, 0.5) is 9.59 Å². The number of allylic oxidation sites excluding steroid dienone is 1. The molecule has 6 nitrogen and oxygen atoms in total. The van der Waals surface area contributed by atoms with Crippen LogP contribution in [0.25, 0.3) is 0 Å². The van der Waals surface area contributed by atoms with E-state index < -0.39 is 5.60 Å². The molecule has 1 N–H and O–H groups in total. The Balaban J connectivity index is 1.28. The molecule has 3 amide bonds. The number of fused-ring (bicyclic) bond motifs is 1. The Labute approximate surface area is 192 Å². The van der Waals surface area contributed by atoms with E-state index in [4.69, 9.17) is 4.74 Å². The van der Waals surface area contributed by atoms with Crippen molar-refractivity contribution in [1.29, 1.82) is 0 Å². The van der Waals surface area contributed by atoms with E-state index in [-0.39, 0.29) is 17.5 Å². The van der Waals surface area contributed by atoms with Crippen molar-refractivity contribution in [2.24, 2.45) is 17.3 Å². The highest BCUT2D eigenvalue weighted by molar-refractivity contribution is 5.76. The molecule has 2 aliphatic heterocycles. The molecule has 2 fully saturated rings. The number of likely N-dealkylation sites (tertiary alicyclic amines) is 1. The molecule has 0 bridgehead atoms. The van der Waals surface area contributed by atoms with E-state index in [1.165, 1.54) is 11.1 Å². The molecule has 3 atom stereocenters. The molecule has 2 aliphatic carbocycles. The fourth-order valence-electron chi connectivity index (χ4n) is 5.75. The van der Waals surface area contributed by atoms with Crippen LogP contribution in [-0.2, 0) is 4.74 Å². The van der Waals surface area contributed by atoms with Gasteiger partial charge >= 0.3 is 12.1 Å². The molecule has 32 heavy (non-hydrogen) atoms. The lowest BCUT2D eigenvalue weighted by atomic mass is 9.78. The smallest absolute Gasteiger partial charge is 0.410 e. The molecule has 0 aromatic rings. The SMILES string of the molecule is CCC12C[C@H](CNC(=O)N3CC4=C(C=CC(C)=C=C4)C3)CC1CN(C(=O)OC(C)(C)C)C2. The summed E-state index contributed by atoms with van der Waals surface area (Å²) in [6.45, 7) is 13.5. The van der Waals surface area contributed by atoms with Crippen molar-refractivity contribution >= 4 is 12.1 Å². The second-order valence-electron chi connectivity index (χ2n) is 11.0. The highest BCUT2D eigenvalue weighted by Crippen LogP contribution is 2.53. The molecule has 0 aromatic heterocycles. The maximum atomic E-state index is 12.8. The highest BCUT2D eigenvalue weighted by atomic mass is 16.6. The Kier molecular flexibility index (Phi) is 6.02. The summed E-state index contributed by atoms with van der Waals surface area (Å²) in [5.41, 5.74) is 6.43. The molecule has 2 heterocycles. The van der Waals surface area contributed by atoms with Crippen molar-refractivity contribution in [3.63, 3.8) is 0 Å². The van der Waals surface area contributed by atoms with Gasteiger partial charge in [-0.15, -0.1) is 5.73 Å². The number of hydrogen-bond acceptors (Lipinski definition) is 3. The average Bonchev–Trinajstić information content (AvgIpc) is 3.35. The second-order valence-corrected chi connectivity index (χ2v) is 11.0. The number of ether oxygens (including phenoxy) is 1. The minimum atomic E-state index is -0.468. The standard InChI is InChI=1S/C26H37N3O3/c1-6-26-12-19(11-22(26)16-29(17-26)24(31)32-25(3,4)5)13-27-23(30)28-14-20-9-7-18(2)8-10-21(20)15-28/h7,9-10,19,22H,6,11-17H2,1-5H3,(H,27,30)/t19-,22?,26?/m1/s1. The van der Waals surface area contributed by atoms with Gasteiger partial charge in [-0.25, -0.2) is 9.59 Å². The van der Waals surface area contributed by atoms with E-state index in [0.29, 0.717) is 31.5 Å². The van der Waals surface area contributed by atoms with Gasteiger partial charge in [0, 0.05) is 32.7 Å². The summed E-state index contributed by atoms with van der Waals surface area (Å²) < 4.78 is 5.60. The number of hydrogen-bond donors (Lipinski definition) is 1. The molecule has 6 heteroatoms. The average molecular weight is 440 g/mol. The Morgan fingerprint density at radius 2 is 1.97 bits per heavy atom. The summed E-state index contributed by atoms with van der Waals surface area (Å²) in [5, 5.41) is 3.19. The number of urea groups is 1. The molecule has 2 unspecified atom stereocenters. The van der Waals surface area contributed by atoms with Gasteiger partial charge in [0.2, 0.25) is 0 Å². The molecule has 174 valence electrons. The van der Waals surface area contributed by atoms with E-state index in [1.54, 1.807) is 0 Å². The molecule has 0 spiro atoms. The van der Waals surface area contributed by atoms with Gasteiger partial charge < -0.3 is 19.9 Å². The fourth-order valence-corrected chi connectivity index (χ4v) is 5.75. The predicted octanol–water partition coefficient (Wildman–Crippen LogP) is 4.65. The Morgan fingerprint density at radius 3 is 2.66 bits per heavy atom. The monoisotopic (exact) mass is 439 g/mol. The first-order chi connectivity index (χ1) is 15.1. The van der Waals surface area contributed by atoms with Gasteiger partial charge in [0.25, 0.3) is 0 Å². The van der Waals surface area contributed by atoms with Crippen LogP contribution in [0.3, 0.4) is 0 Å². The zero-order valence-corrected chi connectivity index (χ0v) is 20.2. The molecule has 0 aromatic carbocycles. The molecule has 0 radical (unpaired) electrons. The van der Waals surface area contributed by atoms with Crippen LogP contribution >= 0.6 is 0 Å². The molecular weight excluding hydrogens is 402 g/mol. The highest BCUT2D eigenvalue weighted by Gasteiger charge is 2.53. The number of amides is 3. The van der Waals surface area contributed by atoms with Crippen LogP contribution in [0.15, 0.2) is 40.7 Å². The zero-order valence-electron chi connectivity index (χ0n) is 20.2. The fraction of sp³-hybridized carbons (Fsp3) is 0.654. The summed E-state index contributed by atoms with van der Waals surface area (Å²) in [4.78, 5) is 29.2. The van der Waals surface area contributed by atoms with Crippen LogP contribution in [0, 0.1) is 17.3 Å². The third-order valence-electron chi connectivity index (χ3n) is 7.45. The first kappa shape index (κ1) is 22.7. The van der Waals surface area contributed by atoms with E-state index in [2.05, 4.69) is 30.1 Å². The number of carbonyl (C=O) groups excluding carboxylic acids is 2. The zero-order chi connectivity index (χ0) is 23.1. The summed E-state index contributed by atoms with van der Waals surface area (Å²) in [5.74, 6) is 0.945. The van der Waals surface area contributed by atoms with Crippen LogP contribution in [0.1, 0.15) is 53.9 Å². The van der Waals surface area contributed by atoms with Crippen molar-refractivity contribution in [3.05, 3.63) is 40.7 Å². The maximum Gasteiger partial charge on any atom is 0.410 e. The van der Waals surface area contributed by atoms with Crippen molar-refractivity contribution in [2.45, 2.75) is 59.5 Å². The van der Waals surface area contributed by atoms with Crippen molar-refractivity contribution in [1.82, 2.24) is 15.1 Å². The minimum absolute atomic E-state index is 0.0126. The lowest BCUT2D eigenvalue weighted by Gasteiger charge is -2.29. The topological polar surface area (TPSA) is 61.9 Å². The number of carbonyl (C=O) groups is 2. The molecule has 4 rings (SSSR count). The third-order valence-corrected chi connectivity index (χ3v) is 7.45. The summed E-state index contributed by atoms with van der Waals surface area (Å²) >= 11 is 0. The number of rotatable bonds is 3. The van der Waals surface area contributed by atoms with E-state index >= 15 is 0 Å².